The van der Waals surface area contributed by atoms with Gasteiger partial charge < -0.3 is 10.2 Å². The minimum atomic E-state index is -0.852. The van der Waals surface area contributed by atoms with Crippen molar-refractivity contribution in [1.29, 1.82) is 0 Å². The fourth-order valence-corrected chi connectivity index (χ4v) is 3.34. The van der Waals surface area contributed by atoms with Crippen molar-refractivity contribution in [2.75, 3.05) is 0 Å². The number of thiazole rings is 1. The van der Waals surface area contributed by atoms with Gasteiger partial charge in [-0.3, -0.25) is 14.6 Å². The van der Waals surface area contributed by atoms with Crippen molar-refractivity contribution < 1.29 is 9.59 Å². The third kappa shape index (κ3) is 2.22. The van der Waals surface area contributed by atoms with Gasteiger partial charge in [-0.2, -0.15) is 0 Å². The van der Waals surface area contributed by atoms with E-state index in [2.05, 4.69) is 10.3 Å². The van der Waals surface area contributed by atoms with E-state index in [0.29, 0.717) is 19.4 Å². The number of carbonyl (C=O) groups excluding carboxylic acids is 2. The van der Waals surface area contributed by atoms with Crippen LogP contribution < -0.4 is 5.32 Å². The van der Waals surface area contributed by atoms with Crippen molar-refractivity contribution >= 4 is 23.2 Å². The fourth-order valence-electron chi connectivity index (χ4n) is 2.76. The topological polar surface area (TPSA) is 62.3 Å². The minimum absolute atomic E-state index is 0.0331. The summed E-state index contributed by atoms with van der Waals surface area (Å²) in [6.07, 6.45) is 2.97. The highest BCUT2D eigenvalue weighted by molar-refractivity contribution is 7.09. The van der Waals surface area contributed by atoms with E-state index >= 15 is 0 Å². The van der Waals surface area contributed by atoms with Crippen LogP contribution in [-0.4, -0.2) is 32.8 Å². The molecule has 1 fully saturated rings. The number of hydrogen-bond donors (Lipinski definition) is 1. The number of carbonyl (C=O) groups is 2. The summed E-state index contributed by atoms with van der Waals surface area (Å²) in [5.74, 6) is -0.0918. The van der Waals surface area contributed by atoms with Crippen LogP contribution in [0.1, 0.15) is 45.4 Å². The Labute approximate surface area is 123 Å². The summed E-state index contributed by atoms with van der Waals surface area (Å²) >= 11 is 1.50. The molecule has 5 nitrogen and oxygen atoms in total. The molecule has 6 heteroatoms. The number of hydrogen-bond acceptors (Lipinski definition) is 4. The van der Waals surface area contributed by atoms with Crippen LogP contribution in [0.25, 0.3) is 0 Å². The van der Waals surface area contributed by atoms with Gasteiger partial charge in [0.2, 0.25) is 11.8 Å². The molecule has 1 saturated heterocycles. The van der Waals surface area contributed by atoms with Gasteiger partial charge >= 0.3 is 0 Å². The van der Waals surface area contributed by atoms with Crippen molar-refractivity contribution in [3.05, 3.63) is 16.6 Å². The average molecular weight is 295 g/mol. The van der Waals surface area contributed by atoms with E-state index in [9.17, 15) is 9.59 Å². The molecule has 0 aliphatic carbocycles. The van der Waals surface area contributed by atoms with Crippen LogP contribution in [0.3, 0.4) is 0 Å². The number of piperazine rings is 1. The minimum Gasteiger partial charge on any atom is -0.340 e. The average Bonchev–Trinajstić information content (AvgIpc) is 2.89. The first kappa shape index (κ1) is 15.0. The lowest BCUT2D eigenvalue weighted by molar-refractivity contribution is -0.163. The Kier molecular flexibility index (Phi) is 3.86. The van der Waals surface area contributed by atoms with Crippen molar-refractivity contribution in [2.24, 2.45) is 0 Å². The Hall–Kier alpha value is -1.43. The summed E-state index contributed by atoms with van der Waals surface area (Å²) in [6.45, 7) is 7.86. The summed E-state index contributed by atoms with van der Waals surface area (Å²) in [7, 11) is 0. The third-order valence-electron chi connectivity index (χ3n) is 4.11. The van der Waals surface area contributed by atoms with Crippen molar-refractivity contribution in [1.82, 2.24) is 15.2 Å². The molecule has 1 aromatic rings. The van der Waals surface area contributed by atoms with E-state index in [4.69, 9.17) is 0 Å². The molecule has 0 atom stereocenters. The number of nitrogens with one attached hydrogen (secondary N) is 1. The van der Waals surface area contributed by atoms with Crippen LogP contribution in [0.5, 0.6) is 0 Å². The summed E-state index contributed by atoms with van der Waals surface area (Å²) in [5, 5.41) is 2.87. The smallest absolute Gasteiger partial charge is 0.248 e. The van der Waals surface area contributed by atoms with Crippen LogP contribution in [0.15, 0.2) is 11.7 Å². The second-order valence-corrected chi connectivity index (χ2v) is 6.65. The van der Waals surface area contributed by atoms with Crippen LogP contribution >= 0.6 is 11.3 Å². The lowest BCUT2D eigenvalue weighted by Gasteiger charge is -2.50. The van der Waals surface area contributed by atoms with Crippen molar-refractivity contribution in [2.45, 2.75) is 58.2 Å². The van der Waals surface area contributed by atoms with Crippen molar-refractivity contribution in [3.8, 4) is 0 Å². The third-order valence-corrected chi connectivity index (χ3v) is 4.88. The maximum absolute atomic E-state index is 12.7. The molecule has 1 aliphatic heterocycles. The molecule has 0 unspecified atom stereocenters. The van der Waals surface area contributed by atoms with E-state index in [1.807, 2.05) is 13.8 Å². The Morgan fingerprint density at radius 3 is 2.45 bits per heavy atom. The molecule has 0 bridgehead atoms. The highest BCUT2D eigenvalue weighted by Gasteiger charge is 2.53. The second-order valence-electron chi connectivity index (χ2n) is 5.68. The van der Waals surface area contributed by atoms with E-state index in [0.717, 1.165) is 4.88 Å². The Morgan fingerprint density at radius 2 is 1.95 bits per heavy atom. The first-order valence-electron chi connectivity index (χ1n) is 6.89. The first-order valence-corrected chi connectivity index (χ1v) is 7.77. The van der Waals surface area contributed by atoms with Gasteiger partial charge in [0.25, 0.3) is 0 Å². The molecule has 0 saturated carbocycles. The van der Waals surface area contributed by atoms with Gasteiger partial charge in [-0.15, -0.1) is 11.3 Å². The molecule has 2 heterocycles. The van der Waals surface area contributed by atoms with Gasteiger partial charge in [-0.1, -0.05) is 13.8 Å². The second kappa shape index (κ2) is 5.16. The zero-order valence-corrected chi connectivity index (χ0v) is 13.2. The largest absolute Gasteiger partial charge is 0.340 e. The quantitative estimate of drug-likeness (QED) is 0.923. The van der Waals surface area contributed by atoms with Crippen LogP contribution in [0, 0.1) is 0 Å². The summed E-state index contributed by atoms with van der Waals surface area (Å²) < 4.78 is 0. The van der Waals surface area contributed by atoms with Gasteiger partial charge in [-0.05, 0) is 26.7 Å². The van der Waals surface area contributed by atoms with Crippen molar-refractivity contribution in [3.63, 3.8) is 0 Å². The molecular formula is C14H21N3O2S. The zero-order valence-electron chi connectivity index (χ0n) is 12.4. The molecule has 110 valence electrons. The molecule has 0 spiro atoms. The number of aromatic nitrogens is 1. The molecule has 0 radical (unpaired) electrons. The maximum atomic E-state index is 12.7. The lowest BCUT2D eigenvalue weighted by atomic mass is 9.82. The van der Waals surface area contributed by atoms with Crippen LogP contribution in [0.4, 0.5) is 0 Å². The molecule has 20 heavy (non-hydrogen) atoms. The summed E-state index contributed by atoms with van der Waals surface area (Å²) in [5.41, 5.74) is 0.140. The molecule has 1 aliphatic rings. The van der Waals surface area contributed by atoms with Gasteiger partial charge in [0, 0.05) is 11.1 Å². The fraction of sp³-hybridized carbons (Fsp3) is 0.643. The predicted molar refractivity (Wildman–Crippen MR) is 78.2 cm³/mol. The predicted octanol–water partition coefficient (Wildman–Crippen LogP) is 1.94. The standard InChI is InChI=1S/C14H21N3O2S/c1-5-14(6-2)11(18)16-13(3,4)12(19)17(14)8-10-7-15-9-20-10/h7,9H,5-6,8H2,1-4H3,(H,16,18). The number of nitrogens with zero attached hydrogens (tertiary/aromatic N) is 2. The molecule has 0 aromatic carbocycles. The summed E-state index contributed by atoms with van der Waals surface area (Å²) in [6, 6.07) is 0. The van der Waals surface area contributed by atoms with Crippen LogP contribution in [0.2, 0.25) is 0 Å². The molecule has 1 aromatic heterocycles. The first-order chi connectivity index (χ1) is 9.37. The monoisotopic (exact) mass is 295 g/mol. The van der Waals surface area contributed by atoms with Crippen LogP contribution in [-0.2, 0) is 16.1 Å². The number of rotatable bonds is 4. The molecule has 2 rings (SSSR count). The zero-order chi connectivity index (χ0) is 15.0. The van der Waals surface area contributed by atoms with E-state index in [1.165, 1.54) is 11.3 Å². The highest BCUT2D eigenvalue weighted by atomic mass is 32.1. The SMILES string of the molecule is CCC1(CC)C(=O)NC(C)(C)C(=O)N1Cc1cncs1. The molecular weight excluding hydrogens is 274 g/mol. The molecule has 2 amide bonds. The van der Waals surface area contributed by atoms with E-state index in [1.54, 1.807) is 30.5 Å². The molecule has 1 N–H and O–H groups in total. The van der Waals surface area contributed by atoms with Gasteiger partial charge in [0.15, 0.2) is 0 Å². The highest BCUT2D eigenvalue weighted by Crippen LogP contribution is 2.33. The normalized spacial score (nSPS) is 20.9. The Bertz CT molecular complexity index is 506. The van der Waals surface area contributed by atoms with E-state index in [-0.39, 0.29) is 11.8 Å². The maximum Gasteiger partial charge on any atom is 0.248 e. The Morgan fingerprint density at radius 1 is 1.30 bits per heavy atom. The van der Waals surface area contributed by atoms with E-state index < -0.39 is 11.1 Å². The number of amides is 2. The Balaban J connectivity index is 2.43. The lowest BCUT2D eigenvalue weighted by Crippen LogP contribution is -2.73. The summed E-state index contributed by atoms with van der Waals surface area (Å²) in [4.78, 5) is 32.1. The van der Waals surface area contributed by atoms with Gasteiger partial charge in [-0.25, -0.2) is 0 Å². The van der Waals surface area contributed by atoms with Gasteiger partial charge in [0.05, 0.1) is 12.1 Å². The van der Waals surface area contributed by atoms with Gasteiger partial charge in [0.1, 0.15) is 11.1 Å².